The Kier molecular flexibility index (Phi) is 8.90. The Labute approximate surface area is 235 Å². The molecule has 40 heavy (non-hydrogen) atoms. The van der Waals surface area contributed by atoms with Crippen molar-refractivity contribution in [2.24, 2.45) is 5.92 Å². The lowest BCUT2D eigenvalue weighted by Gasteiger charge is -2.33. The largest absolute Gasteiger partial charge is 0.356 e. The van der Waals surface area contributed by atoms with Crippen molar-refractivity contribution in [1.82, 2.24) is 15.5 Å². The molecule has 0 bridgehead atoms. The van der Waals surface area contributed by atoms with Crippen LogP contribution in [0.25, 0.3) is 11.1 Å². The molecular weight excluding hydrogens is 508 g/mol. The zero-order chi connectivity index (χ0) is 28.0. The molecule has 210 valence electrons. The number of likely N-dealkylation sites (tertiary alicyclic amines) is 1. The van der Waals surface area contributed by atoms with Crippen LogP contribution in [0, 0.1) is 5.92 Å². The van der Waals surface area contributed by atoms with Gasteiger partial charge in [0, 0.05) is 43.1 Å². The minimum absolute atomic E-state index is 0.0199. The Hall–Kier alpha value is -3.58. The highest BCUT2D eigenvalue weighted by atomic mass is 19.3. The number of hydrogen-bond acceptors (Lipinski definition) is 3. The fraction of sp³-hybridized carbons (Fsp3) is 0.394. The summed E-state index contributed by atoms with van der Waals surface area (Å²) in [5.41, 5.74) is 4.99. The van der Waals surface area contributed by atoms with Gasteiger partial charge in [-0.3, -0.25) is 9.59 Å². The van der Waals surface area contributed by atoms with Gasteiger partial charge in [-0.25, -0.2) is 8.78 Å². The summed E-state index contributed by atoms with van der Waals surface area (Å²) in [6, 6.07) is 25.8. The van der Waals surface area contributed by atoms with E-state index in [9.17, 15) is 18.4 Å². The number of hydrogen-bond donors (Lipinski definition) is 2. The summed E-state index contributed by atoms with van der Waals surface area (Å²) in [6.45, 7) is 1.85. The second-order valence-corrected chi connectivity index (χ2v) is 10.9. The zero-order valence-corrected chi connectivity index (χ0v) is 22.8. The van der Waals surface area contributed by atoms with E-state index in [1.807, 2.05) is 59.5 Å². The second-order valence-electron chi connectivity index (χ2n) is 10.9. The van der Waals surface area contributed by atoms with Crippen LogP contribution in [0.2, 0.25) is 0 Å². The number of alkyl halides is 2. The standard InChI is InChI=1S/C33H37F2N3O2/c34-30(35)22-36-23-33(28-14-6-4-12-26(28)27-13-5-7-15-29(27)33)18-8-9-19-37-31(39)24-16-20-38(21-17-24)32(40)25-10-2-1-3-11-25/h1-7,10-15,24,30,36H,8-9,16-23H2,(H,37,39). The molecule has 0 aromatic heterocycles. The van der Waals surface area contributed by atoms with Crippen molar-refractivity contribution in [3.05, 3.63) is 95.6 Å². The summed E-state index contributed by atoms with van der Waals surface area (Å²) >= 11 is 0. The maximum absolute atomic E-state index is 13.0. The van der Waals surface area contributed by atoms with Gasteiger partial charge >= 0.3 is 0 Å². The third-order valence-corrected chi connectivity index (χ3v) is 8.40. The number of unbranched alkanes of at least 4 members (excludes halogenated alkanes) is 1. The molecule has 0 saturated carbocycles. The summed E-state index contributed by atoms with van der Waals surface area (Å²) < 4.78 is 26.0. The Bertz CT molecular complexity index is 1260. The van der Waals surface area contributed by atoms with Crippen LogP contribution in [-0.4, -0.2) is 55.9 Å². The van der Waals surface area contributed by atoms with Crippen molar-refractivity contribution in [2.75, 3.05) is 32.7 Å². The molecule has 1 heterocycles. The van der Waals surface area contributed by atoms with Crippen molar-refractivity contribution >= 4 is 11.8 Å². The number of halogens is 2. The molecule has 5 nitrogen and oxygen atoms in total. The van der Waals surface area contributed by atoms with E-state index < -0.39 is 6.43 Å². The predicted molar refractivity (Wildman–Crippen MR) is 153 cm³/mol. The molecule has 2 N–H and O–H groups in total. The van der Waals surface area contributed by atoms with Gasteiger partial charge < -0.3 is 15.5 Å². The van der Waals surface area contributed by atoms with Crippen molar-refractivity contribution < 1.29 is 18.4 Å². The number of carbonyl (C=O) groups excluding carboxylic acids is 2. The first-order valence-electron chi connectivity index (χ1n) is 14.3. The molecule has 1 aliphatic heterocycles. The van der Waals surface area contributed by atoms with Gasteiger partial charge in [-0.05, 0) is 60.1 Å². The van der Waals surface area contributed by atoms with E-state index in [0.717, 1.165) is 19.3 Å². The van der Waals surface area contributed by atoms with Crippen LogP contribution in [-0.2, 0) is 10.2 Å². The number of fused-ring (bicyclic) bond motifs is 3. The predicted octanol–water partition coefficient (Wildman–Crippen LogP) is 5.65. The average molecular weight is 546 g/mol. The SMILES string of the molecule is O=C(NCCCCC1(CNCC(F)F)c2ccccc2-c2ccccc21)C1CCN(C(=O)c2ccccc2)CC1. The number of amides is 2. The van der Waals surface area contributed by atoms with Crippen LogP contribution in [0.5, 0.6) is 0 Å². The van der Waals surface area contributed by atoms with Gasteiger partial charge in [0.1, 0.15) is 0 Å². The molecule has 1 saturated heterocycles. The third kappa shape index (κ3) is 5.94. The Morgan fingerprint density at radius 1 is 0.850 bits per heavy atom. The van der Waals surface area contributed by atoms with Crippen LogP contribution in [0.1, 0.15) is 53.6 Å². The van der Waals surface area contributed by atoms with Gasteiger partial charge in [0.05, 0.1) is 6.54 Å². The molecule has 5 rings (SSSR count). The molecule has 2 amide bonds. The van der Waals surface area contributed by atoms with Gasteiger partial charge in [-0.2, -0.15) is 0 Å². The normalized spacial score (nSPS) is 16.0. The molecule has 3 aromatic carbocycles. The minimum atomic E-state index is -2.40. The second kappa shape index (κ2) is 12.7. The number of carbonyl (C=O) groups is 2. The number of piperidine rings is 1. The minimum Gasteiger partial charge on any atom is -0.356 e. The number of benzene rings is 3. The third-order valence-electron chi connectivity index (χ3n) is 8.40. The van der Waals surface area contributed by atoms with Crippen molar-refractivity contribution in [1.29, 1.82) is 0 Å². The van der Waals surface area contributed by atoms with Crippen LogP contribution < -0.4 is 10.6 Å². The molecule has 0 spiro atoms. The highest BCUT2D eigenvalue weighted by molar-refractivity contribution is 5.94. The molecule has 7 heteroatoms. The first kappa shape index (κ1) is 28.0. The molecule has 0 unspecified atom stereocenters. The molecule has 1 aliphatic carbocycles. The lowest BCUT2D eigenvalue weighted by molar-refractivity contribution is -0.126. The molecule has 2 aliphatic rings. The lowest BCUT2D eigenvalue weighted by Crippen LogP contribution is -2.43. The van der Waals surface area contributed by atoms with E-state index in [1.54, 1.807) is 0 Å². The quantitative estimate of drug-likeness (QED) is 0.306. The fourth-order valence-corrected chi connectivity index (χ4v) is 6.37. The molecule has 1 fully saturated rings. The molecule has 0 atom stereocenters. The van der Waals surface area contributed by atoms with Gasteiger partial charge in [0.15, 0.2) is 0 Å². The number of nitrogens with zero attached hydrogens (tertiary/aromatic N) is 1. The lowest BCUT2D eigenvalue weighted by atomic mass is 9.74. The molecule has 3 aromatic rings. The number of rotatable bonds is 11. The van der Waals surface area contributed by atoms with E-state index in [4.69, 9.17) is 0 Å². The van der Waals surface area contributed by atoms with Crippen LogP contribution in [0.15, 0.2) is 78.9 Å². The maximum Gasteiger partial charge on any atom is 0.253 e. The van der Waals surface area contributed by atoms with E-state index >= 15 is 0 Å². The summed E-state index contributed by atoms with van der Waals surface area (Å²) in [5.74, 6) is -0.0125. The van der Waals surface area contributed by atoms with Crippen molar-refractivity contribution in [3.63, 3.8) is 0 Å². The van der Waals surface area contributed by atoms with Crippen LogP contribution in [0.3, 0.4) is 0 Å². The first-order chi connectivity index (χ1) is 19.5. The van der Waals surface area contributed by atoms with Gasteiger partial charge in [0.2, 0.25) is 5.91 Å². The van der Waals surface area contributed by atoms with Gasteiger partial charge in [0.25, 0.3) is 12.3 Å². The van der Waals surface area contributed by atoms with Gasteiger partial charge in [-0.1, -0.05) is 73.2 Å². The first-order valence-corrected chi connectivity index (χ1v) is 14.3. The smallest absolute Gasteiger partial charge is 0.253 e. The van der Waals surface area contributed by atoms with E-state index in [2.05, 4.69) is 34.9 Å². The Morgan fingerprint density at radius 2 is 1.45 bits per heavy atom. The maximum atomic E-state index is 13.0. The number of nitrogens with one attached hydrogen (secondary N) is 2. The zero-order valence-electron chi connectivity index (χ0n) is 22.8. The van der Waals surface area contributed by atoms with E-state index in [0.29, 0.717) is 44.6 Å². The summed E-state index contributed by atoms with van der Waals surface area (Å²) in [5, 5.41) is 6.13. The van der Waals surface area contributed by atoms with Crippen LogP contribution >= 0.6 is 0 Å². The van der Waals surface area contributed by atoms with Crippen molar-refractivity contribution in [2.45, 2.75) is 43.9 Å². The van der Waals surface area contributed by atoms with Crippen molar-refractivity contribution in [3.8, 4) is 11.1 Å². The Morgan fingerprint density at radius 3 is 2.08 bits per heavy atom. The average Bonchev–Trinajstić information content (AvgIpc) is 3.27. The van der Waals surface area contributed by atoms with E-state index in [-0.39, 0.29) is 29.7 Å². The molecular formula is C33H37F2N3O2. The fourth-order valence-electron chi connectivity index (χ4n) is 6.37. The summed E-state index contributed by atoms with van der Waals surface area (Å²) in [4.78, 5) is 27.4. The molecule has 0 radical (unpaired) electrons. The monoisotopic (exact) mass is 545 g/mol. The summed E-state index contributed by atoms with van der Waals surface area (Å²) in [6.07, 6.45) is 1.38. The topological polar surface area (TPSA) is 61.4 Å². The highest BCUT2D eigenvalue weighted by Gasteiger charge is 2.42. The summed E-state index contributed by atoms with van der Waals surface area (Å²) in [7, 11) is 0. The highest BCUT2D eigenvalue weighted by Crippen LogP contribution is 2.51. The van der Waals surface area contributed by atoms with Crippen LogP contribution in [0.4, 0.5) is 8.78 Å². The van der Waals surface area contributed by atoms with Gasteiger partial charge in [-0.15, -0.1) is 0 Å². The Balaban J connectivity index is 1.14. The van der Waals surface area contributed by atoms with E-state index in [1.165, 1.54) is 22.3 Å².